The third-order valence-corrected chi connectivity index (χ3v) is 6.55. The number of methoxy groups -OCH3 is 1. The molecule has 2 fully saturated rings. The lowest BCUT2D eigenvalue weighted by Crippen LogP contribution is -2.54. The Morgan fingerprint density at radius 1 is 1.18 bits per heavy atom. The maximum absolute atomic E-state index is 14.3. The van der Waals surface area contributed by atoms with Crippen molar-refractivity contribution in [3.8, 4) is 11.5 Å². The number of fused-ring (bicyclic) bond motifs is 1. The van der Waals surface area contributed by atoms with Crippen LogP contribution in [0, 0.1) is 11.7 Å². The van der Waals surface area contributed by atoms with Crippen molar-refractivity contribution in [3.05, 3.63) is 59.4 Å². The molecule has 4 nitrogen and oxygen atoms in total. The van der Waals surface area contributed by atoms with Gasteiger partial charge in [-0.25, -0.2) is 4.39 Å². The van der Waals surface area contributed by atoms with Gasteiger partial charge in [-0.15, -0.1) is 0 Å². The van der Waals surface area contributed by atoms with E-state index in [0.29, 0.717) is 30.8 Å². The molecule has 0 amide bonds. The molecule has 5 heteroatoms. The number of phenolic OH excluding ortho intramolecular Hbond substituents is 1. The number of likely N-dealkylation sites (tertiary alicyclic amines) is 1. The highest BCUT2D eigenvalue weighted by atomic mass is 19.1. The molecule has 2 N–H and O–H groups in total. The summed E-state index contributed by atoms with van der Waals surface area (Å²) in [6.07, 6.45) is 4.60. The van der Waals surface area contributed by atoms with E-state index in [4.69, 9.17) is 4.74 Å². The summed E-state index contributed by atoms with van der Waals surface area (Å²) in [5, 5.41) is 21.4. The molecule has 1 aliphatic heterocycles. The van der Waals surface area contributed by atoms with Crippen LogP contribution in [-0.4, -0.2) is 34.4 Å². The molecule has 2 aromatic rings. The second-order valence-corrected chi connectivity index (χ2v) is 8.14. The molecule has 2 aliphatic rings. The number of halogens is 1. The standard InChI is InChI=1S/C23H28FNO3/c1-28-21-14-16(9-10-20(21)26)22-18-7-4-5-11-23(18,27)12-13-25(22)15-17-6-2-3-8-19(17)24/h2-3,6,8-10,14,18,22,26-27H,4-5,7,11-13,15H2,1H3/t18-,22+,23+/m0/s1. The van der Waals surface area contributed by atoms with Gasteiger partial charge in [0, 0.05) is 30.6 Å². The number of aromatic hydroxyl groups is 1. The second kappa shape index (κ2) is 7.72. The summed E-state index contributed by atoms with van der Waals surface area (Å²) in [7, 11) is 1.54. The molecule has 0 bridgehead atoms. The average Bonchev–Trinajstić information content (AvgIpc) is 2.70. The number of rotatable bonds is 4. The lowest BCUT2D eigenvalue weighted by molar-refractivity contribution is -0.126. The van der Waals surface area contributed by atoms with E-state index in [1.54, 1.807) is 12.1 Å². The molecule has 1 aliphatic carbocycles. The molecule has 0 radical (unpaired) electrons. The molecular formula is C23H28FNO3. The van der Waals surface area contributed by atoms with Gasteiger partial charge in [-0.1, -0.05) is 37.1 Å². The number of piperidine rings is 1. The van der Waals surface area contributed by atoms with Crippen LogP contribution in [-0.2, 0) is 6.54 Å². The highest BCUT2D eigenvalue weighted by Gasteiger charge is 2.49. The summed E-state index contributed by atoms with van der Waals surface area (Å²) in [5.41, 5.74) is 0.982. The molecule has 0 unspecified atom stereocenters. The number of hydrogen-bond acceptors (Lipinski definition) is 4. The topological polar surface area (TPSA) is 52.9 Å². The molecule has 3 atom stereocenters. The van der Waals surface area contributed by atoms with Gasteiger partial charge in [0.25, 0.3) is 0 Å². The van der Waals surface area contributed by atoms with Crippen molar-refractivity contribution in [2.75, 3.05) is 13.7 Å². The fourth-order valence-corrected chi connectivity index (χ4v) is 5.09. The van der Waals surface area contributed by atoms with Gasteiger partial charge in [0.15, 0.2) is 11.5 Å². The van der Waals surface area contributed by atoms with Gasteiger partial charge in [0.2, 0.25) is 0 Å². The molecule has 28 heavy (non-hydrogen) atoms. The molecule has 1 heterocycles. The van der Waals surface area contributed by atoms with Crippen LogP contribution in [0.3, 0.4) is 0 Å². The van der Waals surface area contributed by atoms with Crippen molar-refractivity contribution in [1.82, 2.24) is 4.90 Å². The summed E-state index contributed by atoms with van der Waals surface area (Å²) in [6.45, 7) is 1.20. The summed E-state index contributed by atoms with van der Waals surface area (Å²) in [5.74, 6) is 0.403. The van der Waals surface area contributed by atoms with Gasteiger partial charge in [-0.05, 0) is 43.0 Å². The third kappa shape index (κ3) is 3.49. The number of hydrogen-bond donors (Lipinski definition) is 2. The van der Waals surface area contributed by atoms with Crippen LogP contribution in [0.1, 0.15) is 49.3 Å². The number of benzene rings is 2. The lowest BCUT2D eigenvalue weighted by Gasteiger charge is -2.52. The van der Waals surface area contributed by atoms with Gasteiger partial charge in [0.1, 0.15) is 5.82 Å². The van der Waals surface area contributed by atoms with Crippen LogP contribution in [0.2, 0.25) is 0 Å². The van der Waals surface area contributed by atoms with Crippen LogP contribution in [0.15, 0.2) is 42.5 Å². The minimum absolute atomic E-state index is 0.0480. The predicted molar refractivity (Wildman–Crippen MR) is 106 cm³/mol. The van der Waals surface area contributed by atoms with Gasteiger partial charge in [0.05, 0.1) is 12.7 Å². The first-order chi connectivity index (χ1) is 13.5. The van der Waals surface area contributed by atoms with Crippen molar-refractivity contribution in [2.24, 2.45) is 5.92 Å². The van der Waals surface area contributed by atoms with E-state index in [9.17, 15) is 14.6 Å². The van der Waals surface area contributed by atoms with Crippen LogP contribution in [0.5, 0.6) is 11.5 Å². The number of nitrogens with zero attached hydrogens (tertiary/aromatic N) is 1. The molecule has 0 aromatic heterocycles. The highest BCUT2D eigenvalue weighted by molar-refractivity contribution is 5.43. The van der Waals surface area contributed by atoms with E-state index in [1.807, 2.05) is 24.3 Å². The minimum Gasteiger partial charge on any atom is -0.504 e. The van der Waals surface area contributed by atoms with E-state index >= 15 is 0 Å². The Balaban J connectivity index is 1.73. The first-order valence-electron chi connectivity index (χ1n) is 10.1. The molecule has 150 valence electrons. The van der Waals surface area contributed by atoms with Crippen molar-refractivity contribution in [1.29, 1.82) is 0 Å². The summed E-state index contributed by atoms with van der Waals surface area (Å²) in [6, 6.07) is 12.2. The van der Waals surface area contributed by atoms with E-state index in [0.717, 1.165) is 31.2 Å². The molecule has 1 saturated heterocycles. The van der Waals surface area contributed by atoms with Gasteiger partial charge in [-0.2, -0.15) is 0 Å². The zero-order chi connectivity index (χ0) is 19.7. The predicted octanol–water partition coefficient (Wildman–Crippen LogP) is 4.41. The molecule has 0 spiro atoms. The zero-order valence-corrected chi connectivity index (χ0v) is 16.3. The Labute approximate surface area is 165 Å². The third-order valence-electron chi connectivity index (χ3n) is 6.55. The zero-order valence-electron chi connectivity index (χ0n) is 16.3. The Morgan fingerprint density at radius 2 is 2.00 bits per heavy atom. The van der Waals surface area contributed by atoms with Crippen molar-refractivity contribution >= 4 is 0 Å². The normalized spacial score (nSPS) is 28.0. The smallest absolute Gasteiger partial charge is 0.160 e. The fourth-order valence-electron chi connectivity index (χ4n) is 5.09. The van der Waals surface area contributed by atoms with Gasteiger partial charge in [-0.3, -0.25) is 4.90 Å². The second-order valence-electron chi connectivity index (χ2n) is 8.14. The summed E-state index contributed by atoms with van der Waals surface area (Å²) in [4.78, 5) is 2.27. The van der Waals surface area contributed by atoms with E-state index < -0.39 is 5.60 Å². The minimum atomic E-state index is -0.681. The molecular weight excluding hydrogens is 357 g/mol. The Bertz CT molecular complexity index is 842. The van der Waals surface area contributed by atoms with E-state index in [1.165, 1.54) is 13.2 Å². The fraction of sp³-hybridized carbons (Fsp3) is 0.478. The number of aliphatic hydroxyl groups is 1. The van der Waals surface area contributed by atoms with E-state index in [-0.39, 0.29) is 23.5 Å². The average molecular weight is 385 g/mol. The van der Waals surface area contributed by atoms with Crippen LogP contribution < -0.4 is 4.74 Å². The Morgan fingerprint density at radius 3 is 2.79 bits per heavy atom. The first kappa shape index (κ1) is 19.2. The van der Waals surface area contributed by atoms with Crippen LogP contribution >= 0.6 is 0 Å². The van der Waals surface area contributed by atoms with Gasteiger partial charge >= 0.3 is 0 Å². The largest absolute Gasteiger partial charge is 0.504 e. The molecule has 1 saturated carbocycles. The van der Waals surface area contributed by atoms with Crippen molar-refractivity contribution < 1.29 is 19.3 Å². The van der Waals surface area contributed by atoms with Crippen LogP contribution in [0.25, 0.3) is 0 Å². The Hall–Kier alpha value is -2.11. The summed E-state index contributed by atoms with van der Waals surface area (Å²) >= 11 is 0. The SMILES string of the molecule is COc1cc([C@@H]2[C@@H]3CCCC[C@@]3(O)CCN2Cc2ccccc2F)ccc1O. The first-order valence-corrected chi connectivity index (χ1v) is 10.1. The number of ether oxygens (including phenoxy) is 1. The van der Waals surface area contributed by atoms with E-state index in [2.05, 4.69) is 4.90 Å². The molecule has 2 aromatic carbocycles. The lowest BCUT2D eigenvalue weighted by atomic mass is 9.66. The monoisotopic (exact) mass is 385 g/mol. The maximum atomic E-state index is 14.3. The van der Waals surface area contributed by atoms with Crippen molar-refractivity contribution in [2.45, 2.75) is 50.3 Å². The number of phenols is 1. The van der Waals surface area contributed by atoms with Crippen LogP contribution in [0.4, 0.5) is 4.39 Å². The van der Waals surface area contributed by atoms with Crippen molar-refractivity contribution in [3.63, 3.8) is 0 Å². The highest BCUT2D eigenvalue weighted by Crippen LogP contribution is 2.50. The maximum Gasteiger partial charge on any atom is 0.160 e. The quantitative estimate of drug-likeness (QED) is 0.819. The Kier molecular flexibility index (Phi) is 5.30. The summed E-state index contributed by atoms with van der Waals surface area (Å²) < 4.78 is 19.6. The molecule has 4 rings (SSSR count). The van der Waals surface area contributed by atoms with Gasteiger partial charge < -0.3 is 14.9 Å².